The van der Waals surface area contributed by atoms with Crippen molar-refractivity contribution in [3.63, 3.8) is 0 Å². The van der Waals surface area contributed by atoms with Gasteiger partial charge in [-0.3, -0.25) is 4.79 Å². The van der Waals surface area contributed by atoms with E-state index in [-0.39, 0.29) is 5.78 Å². The van der Waals surface area contributed by atoms with Crippen LogP contribution < -0.4 is 0 Å². The molecule has 0 aliphatic carbocycles. The molecule has 3 nitrogen and oxygen atoms in total. The van der Waals surface area contributed by atoms with Crippen LogP contribution in [0.2, 0.25) is 0 Å². The Morgan fingerprint density at radius 3 is 2.15 bits per heavy atom. The van der Waals surface area contributed by atoms with Gasteiger partial charge >= 0.3 is 0 Å². The number of hydrogen-bond acceptors (Lipinski definition) is 6. The molecule has 0 fully saturated rings. The Morgan fingerprint density at radius 2 is 1.52 bits per heavy atom. The number of hydrogen-bond donors (Lipinski definition) is 0. The van der Waals surface area contributed by atoms with Gasteiger partial charge in [0.2, 0.25) is 0 Å². The quantitative estimate of drug-likeness (QED) is 0.477. The summed E-state index contributed by atoms with van der Waals surface area (Å²) in [6.07, 6.45) is 0. The Labute approximate surface area is 173 Å². The second-order valence-corrected chi connectivity index (χ2v) is 8.93. The first-order valence-electron chi connectivity index (χ1n) is 8.57. The Morgan fingerprint density at radius 1 is 0.926 bits per heavy atom. The van der Waals surface area contributed by atoms with Crippen molar-refractivity contribution in [2.75, 3.05) is 11.5 Å². The molecule has 0 bridgehead atoms. The summed E-state index contributed by atoms with van der Waals surface area (Å²) in [4.78, 5) is 22.6. The summed E-state index contributed by atoms with van der Waals surface area (Å²) in [5.41, 5.74) is 1.38. The van der Waals surface area contributed by atoms with Crippen LogP contribution in [0.5, 0.6) is 0 Å². The number of carbonyl (C=O) groups excluding carboxylic acids is 1. The predicted octanol–water partition coefficient (Wildman–Crippen LogP) is 5.30. The molecule has 2 aromatic carbocycles. The first-order chi connectivity index (χ1) is 13.0. The van der Waals surface area contributed by atoms with Crippen LogP contribution in [0.25, 0.3) is 0 Å². The number of thioether (sulfide) groups is 2. The highest BCUT2D eigenvalue weighted by Crippen LogP contribution is 2.30. The van der Waals surface area contributed by atoms with Crippen LogP contribution >= 0.6 is 35.7 Å². The monoisotopic (exact) mass is 412 g/mol. The fourth-order valence-electron chi connectivity index (χ4n) is 2.49. The molecule has 1 aliphatic rings. The van der Waals surface area contributed by atoms with Crippen LogP contribution in [-0.2, 0) is 0 Å². The molecule has 0 amide bonds. The lowest BCUT2D eigenvalue weighted by Crippen LogP contribution is -2.24. The maximum absolute atomic E-state index is 12.3. The van der Waals surface area contributed by atoms with E-state index in [1.807, 2.05) is 74.5 Å². The molecule has 0 saturated heterocycles. The molecule has 27 heavy (non-hydrogen) atoms. The highest BCUT2D eigenvalue weighted by Gasteiger charge is 2.31. The number of nitrogens with zero attached hydrogens (tertiary/aromatic N) is 2. The maximum atomic E-state index is 12.3. The molecular weight excluding hydrogens is 392 g/mol. The number of amidine groups is 1. The molecule has 138 valence electrons. The van der Waals surface area contributed by atoms with E-state index < -0.39 is 5.54 Å². The Bertz CT molecular complexity index is 890. The molecule has 0 aromatic heterocycles. The van der Waals surface area contributed by atoms with Gasteiger partial charge in [0.05, 0.1) is 5.75 Å². The summed E-state index contributed by atoms with van der Waals surface area (Å²) >= 11 is 8.52. The molecule has 0 unspecified atom stereocenters. The van der Waals surface area contributed by atoms with Crippen LogP contribution in [-0.4, -0.2) is 37.9 Å². The van der Waals surface area contributed by atoms with Crippen molar-refractivity contribution in [1.29, 1.82) is 0 Å². The SMILES string of the molecule is CC1(C)N=C(SCC(=S)c2ccccc2)N=C1SCC(=O)c1ccccc1. The van der Waals surface area contributed by atoms with Crippen LogP contribution in [0.3, 0.4) is 0 Å². The highest BCUT2D eigenvalue weighted by atomic mass is 32.2. The summed E-state index contributed by atoms with van der Waals surface area (Å²) in [6.45, 7) is 4.05. The average Bonchev–Trinajstić information content (AvgIpc) is 2.99. The van der Waals surface area contributed by atoms with E-state index in [0.717, 1.165) is 26.2 Å². The number of carbonyl (C=O) groups is 1. The van der Waals surface area contributed by atoms with E-state index in [9.17, 15) is 4.79 Å². The van der Waals surface area contributed by atoms with E-state index >= 15 is 0 Å². The van der Waals surface area contributed by atoms with E-state index in [4.69, 9.17) is 17.2 Å². The third-order valence-corrected chi connectivity index (χ3v) is 6.67. The Kier molecular flexibility index (Phi) is 6.63. The third kappa shape index (κ3) is 5.37. The molecule has 3 rings (SSSR count). The first kappa shape index (κ1) is 20.0. The lowest BCUT2D eigenvalue weighted by Gasteiger charge is -2.15. The summed E-state index contributed by atoms with van der Waals surface area (Å²) in [5.74, 6) is 1.13. The normalized spacial score (nSPS) is 15.2. The average molecular weight is 413 g/mol. The van der Waals surface area contributed by atoms with Crippen LogP contribution in [0.1, 0.15) is 29.8 Å². The van der Waals surface area contributed by atoms with Gasteiger partial charge in [0.1, 0.15) is 10.6 Å². The van der Waals surface area contributed by atoms with Gasteiger partial charge in [-0.15, -0.1) is 0 Å². The summed E-state index contributed by atoms with van der Waals surface area (Å²) in [5, 5.41) is 1.60. The second-order valence-electron chi connectivity index (χ2n) is 6.53. The van der Waals surface area contributed by atoms with Crippen molar-refractivity contribution in [2.45, 2.75) is 19.4 Å². The third-order valence-electron chi connectivity index (χ3n) is 3.96. The van der Waals surface area contributed by atoms with Gasteiger partial charge in [0.15, 0.2) is 11.0 Å². The number of aliphatic imine (C=N–C) groups is 2. The van der Waals surface area contributed by atoms with E-state index in [2.05, 4.69) is 4.99 Å². The molecule has 0 N–H and O–H groups in total. The van der Waals surface area contributed by atoms with E-state index in [1.165, 1.54) is 11.8 Å². The van der Waals surface area contributed by atoms with Crippen molar-refractivity contribution in [3.8, 4) is 0 Å². The maximum Gasteiger partial charge on any atom is 0.185 e. The standard InChI is InChI=1S/C21H20N2OS3/c1-21(2)19(26-13-17(24)15-9-5-3-6-10-15)22-20(23-21)27-14-18(25)16-11-7-4-8-12-16/h3-12H,13-14H2,1-2H3. The molecule has 1 heterocycles. The zero-order valence-electron chi connectivity index (χ0n) is 15.2. The largest absolute Gasteiger partial charge is 0.293 e. The summed E-state index contributed by atoms with van der Waals surface area (Å²) in [6, 6.07) is 19.3. The first-order valence-corrected chi connectivity index (χ1v) is 10.9. The lowest BCUT2D eigenvalue weighted by molar-refractivity contribution is 0.102. The summed E-state index contributed by atoms with van der Waals surface area (Å²) in [7, 11) is 0. The summed E-state index contributed by atoms with van der Waals surface area (Å²) < 4.78 is 0. The number of thiocarbonyl (C=S) groups is 1. The van der Waals surface area contributed by atoms with Gasteiger partial charge in [-0.2, -0.15) is 0 Å². The van der Waals surface area contributed by atoms with Crippen molar-refractivity contribution < 1.29 is 4.79 Å². The van der Waals surface area contributed by atoms with Gasteiger partial charge in [0, 0.05) is 16.2 Å². The van der Waals surface area contributed by atoms with Gasteiger partial charge in [0.25, 0.3) is 0 Å². The topological polar surface area (TPSA) is 41.8 Å². The molecule has 6 heteroatoms. The molecule has 1 aliphatic heterocycles. The van der Waals surface area contributed by atoms with Crippen molar-refractivity contribution >= 4 is 56.6 Å². The number of benzene rings is 2. The number of rotatable bonds is 6. The molecule has 0 atom stereocenters. The predicted molar refractivity (Wildman–Crippen MR) is 123 cm³/mol. The Hall–Kier alpha value is -1.76. The molecule has 0 saturated carbocycles. The lowest BCUT2D eigenvalue weighted by atomic mass is 10.1. The van der Waals surface area contributed by atoms with Gasteiger partial charge < -0.3 is 0 Å². The molecule has 0 radical (unpaired) electrons. The van der Waals surface area contributed by atoms with E-state index in [0.29, 0.717) is 11.5 Å². The van der Waals surface area contributed by atoms with Gasteiger partial charge in [-0.25, -0.2) is 9.98 Å². The smallest absolute Gasteiger partial charge is 0.185 e. The van der Waals surface area contributed by atoms with Gasteiger partial charge in [-0.05, 0) is 19.4 Å². The zero-order valence-corrected chi connectivity index (χ0v) is 17.7. The van der Waals surface area contributed by atoms with Crippen LogP contribution in [0.15, 0.2) is 70.6 Å². The van der Waals surface area contributed by atoms with Gasteiger partial charge in [-0.1, -0.05) is 96.4 Å². The van der Waals surface area contributed by atoms with Crippen molar-refractivity contribution in [2.24, 2.45) is 9.98 Å². The fourth-order valence-corrected chi connectivity index (χ4v) is 4.72. The Balaban J connectivity index is 1.57. The zero-order chi connectivity index (χ0) is 19.3. The minimum Gasteiger partial charge on any atom is -0.293 e. The molecular formula is C21H20N2OS3. The van der Waals surface area contributed by atoms with Crippen molar-refractivity contribution in [3.05, 3.63) is 71.8 Å². The minimum absolute atomic E-state index is 0.102. The highest BCUT2D eigenvalue weighted by molar-refractivity contribution is 8.16. The molecule has 2 aromatic rings. The number of ketones is 1. The second kappa shape index (κ2) is 8.95. The fraction of sp³-hybridized carbons (Fsp3) is 0.238. The molecule has 0 spiro atoms. The van der Waals surface area contributed by atoms with Crippen LogP contribution in [0.4, 0.5) is 0 Å². The van der Waals surface area contributed by atoms with Crippen LogP contribution in [0, 0.1) is 0 Å². The number of Topliss-reactive ketones (excluding diaryl/α,β-unsaturated/α-hetero) is 1. The van der Waals surface area contributed by atoms with Crippen molar-refractivity contribution in [1.82, 2.24) is 0 Å². The minimum atomic E-state index is -0.404. The van der Waals surface area contributed by atoms with E-state index in [1.54, 1.807) is 11.8 Å².